The zero-order chi connectivity index (χ0) is 14.9. The first-order valence-electron chi connectivity index (χ1n) is 6.97. The Hall–Kier alpha value is -1.15. The predicted molar refractivity (Wildman–Crippen MR) is 83.6 cm³/mol. The Bertz CT molecular complexity index is 688. The fourth-order valence-electron chi connectivity index (χ4n) is 2.32. The molecule has 1 saturated carbocycles. The molecule has 0 unspecified atom stereocenters. The first kappa shape index (κ1) is 14.8. The van der Waals surface area contributed by atoms with Gasteiger partial charge < -0.3 is 10.3 Å². The van der Waals surface area contributed by atoms with E-state index in [1.165, 1.54) is 0 Å². The predicted octanol–water partition coefficient (Wildman–Crippen LogP) is 2.15. The van der Waals surface area contributed by atoms with Crippen LogP contribution in [0, 0.1) is 0 Å². The lowest BCUT2D eigenvalue weighted by atomic mass is 10.4. The maximum Gasteiger partial charge on any atom is 0.245 e. The first-order chi connectivity index (χ1) is 10.1. The van der Waals surface area contributed by atoms with E-state index in [1.807, 2.05) is 24.6 Å². The molecule has 1 aliphatic carbocycles. The summed E-state index contributed by atoms with van der Waals surface area (Å²) in [5.41, 5.74) is 0.878. The van der Waals surface area contributed by atoms with Crippen molar-refractivity contribution in [1.82, 2.24) is 14.6 Å². The summed E-state index contributed by atoms with van der Waals surface area (Å²) in [5.74, 6) is 0. The van der Waals surface area contributed by atoms with Crippen LogP contribution in [0.15, 0.2) is 34.7 Å². The van der Waals surface area contributed by atoms with E-state index in [1.54, 1.807) is 27.9 Å². The van der Waals surface area contributed by atoms with E-state index < -0.39 is 10.0 Å². The molecule has 5 nitrogen and oxygen atoms in total. The number of H-pyrrole nitrogens is 1. The second kappa shape index (κ2) is 5.92. The zero-order valence-corrected chi connectivity index (χ0v) is 13.5. The van der Waals surface area contributed by atoms with Crippen molar-refractivity contribution in [3.8, 4) is 0 Å². The van der Waals surface area contributed by atoms with E-state index in [0.717, 1.165) is 23.4 Å². The second-order valence-corrected chi connectivity index (χ2v) is 8.17. The lowest BCUT2D eigenvalue weighted by molar-refractivity contribution is 0.401. The second-order valence-electron chi connectivity index (χ2n) is 5.25. The van der Waals surface area contributed by atoms with Gasteiger partial charge in [-0.2, -0.15) is 4.31 Å². The fraction of sp³-hybridized carbons (Fsp3) is 0.429. The van der Waals surface area contributed by atoms with Gasteiger partial charge in [0.2, 0.25) is 10.0 Å². The number of aromatic amines is 1. The molecule has 21 heavy (non-hydrogen) atoms. The summed E-state index contributed by atoms with van der Waals surface area (Å²) in [4.78, 5) is 4.46. The van der Waals surface area contributed by atoms with Crippen molar-refractivity contribution < 1.29 is 8.42 Å². The van der Waals surface area contributed by atoms with Crippen molar-refractivity contribution in [3.63, 3.8) is 0 Å². The Kier molecular flexibility index (Phi) is 4.17. The summed E-state index contributed by atoms with van der Waals surface area (Å²) >= 11 is 1.60. The molecule has 0 radical (unpaired) electrons. The summed E-state index contributed by atoms with van der Waals surface area (Å²) in [6, 6.07) is 5.81. The Balaban J connectivity index is 1.85. The fourth-order valence-corrected chi connectivity index (χ4v) is 4.79. The molecule has 114 valence electrons. The summed E-state index contributed by atoms with van der Waals surface area (Å²) in [5, 5.41) is 4.99. The quantitative estimate of drug-likeness (QED) is 0.820. The van der Waals surface area contributed by atoms with Crippen LogP contribution in [0.2, 0.25) is 0 Å². The van der Waals surface area contributed by atoms with E-state index in [4.69, 9.17) is 0 Å². The van der Waals surface area contributed by atoms with Crippen LogP contribution in [-0.2, 0) is 23.1 Å². The summed E-state index contributed by atoms with van der Waals surface area (Å²) in [6.07, 6.45) is 3.50. The Morgan fingerprint density at radius 1 is 1.48 bits per heavy atom. The highest BCUT2D eigenvalue weighted by atomic mass is 32.2. The van der Waals surface area contributed by atoms with Crippen LogP contribution in [-0.4, -0.2) is 30.8 Å². The van der Waals surface area contributed by atoms with Crippen LogP contribution in [0.4, 0.5) is 0 Å². The highest BCUT2D eigenvalue weighted by Gasteiger charge is 2.38. The molecule has 0 bridgehead atoms. The van der Waals surface area contributed by atoms with Gasteiger partial charge in [0.1, 0.15) is 0 Å². The van der Waals surface area contributed by atoms with Gasteiger partial charge in [0.15, 0.2) is 0 Å². The number of hydrogen-bond acceptors (Lipinski definition) is 4. The third kappa shape index (κ3) is 3.21. The Morgan fingerprint density at radius 2 is 2.29 bits per heavy atom. The molecule has 0 aromatic carbocycles. The van der Waals surface area contributed by atoms with Crippen molar-refractivity contribution in [3.05, 3.63) is 40.3 Å². The monoisotopic (exact) mass is 325 g/mol. The number of rotatable bonds is 7. The average molecular weight is 325 g/mol. The number of nitrogens with one attached hydrogen (secondary N) is 2. The molecule has 1 aliphatic rings. The van der Waals surface area contributed by atoms with Crippen LogP contribution in [0.3, 0.4) is 0 Å². The molecule has 2 aromatic heterocycles. The molecular weight excluding hydrogens is 306 g/mol. The Labute approximate surface area is 129 Å². The third-order valence-electron chi connectivity index (χ3n) is 3.54. The van der Waals surface area contributed by atoms with Gasteiger partial charge in [0, 0.05) is 35.9 Å². The molecule has 2 aromatic rings. The summed E-state index contributed by atoms with van der Waals surface area (Å²) in [7, 11) is -1.59. The van der Waals surface area contributed by atoms with E-state index >= 15 is 0 Å². The molecule has 0 aliphatic heterocycles. The molecule has 0 spiro atoms. The third-order valence-corrected chi connectivity index (χ3v) is 6.27. The van der Waals surface area contributed by atoms with E-state index in [0.29, 0.717) is 18.0 Å². The van der Waals surface area contributed by atoms with Gasteiger partial charge in [-0.05, 0) is 37.4 Å². The summed E-state index contributed by atoms with van der Waals surface area (Å²) < 4.78 is 27.3. The van der Waals surface area contributed by atoms with Gasteiger partial charge in [0.25, 0.3) is 0 Å². The maximum atomic E-state index is 12.8. The summed E-state index contributed by atoms with van der Waals surface area (Å²) in [6.45, 7) is 1.10. The van der Waals surface area contributed by atoms with Crippen LogP contribution in [0.25, 0.3) is 0 Å². The topological polar surface area (TPSA) is 65.2 Å². The highest BCUT2D eigenvalue weighted by molar-refractivity contribution is 7.89. The molecule has 2 heterocycles. The normalized spacial score (nSPS) is 15.7. The van der Waals surface area contributed by atoms with Crippen molar-refractivity contribution in [2.45, 2.75) is 36.9 Å². The van der Waals surface area contributed by atoms with Crippen molar-refractivity contribution in [2.75, 3.05) is 7.05 Å². The minimum Gasteiger partial charge on any atom is -0.363 e. The van der Waals surface area contributed by atoms with Crippen LogP contribution < -0.4 is 5.32 Å². The number of nitrogens with zero attached hydrogens (tertiary/aromatic N) is 1. The van der Waals surface area contributed by atoms with Crippen LogP contribution in [0.1, 0.15) is 23.4 Å². The van der Waals surface area contributed by atoms with Crippen molar-refractivity contribution >= 4 is 21.4 Å². The largest absolute Gasteiger partial charge is 0.363 e. The number of hydrogen-bond donors (Lipinski definition) is 2. The van der Waals surface area contributed by atoms with Crippen molar-refractivity contribution in [1.29, 1.82) is 0 Å². The number of thiophene rings is 1. The van der Waals surface area contributed by atoms with Gasteiger partial charge in [-0.1, -0.05) is 6.07 Å². The smallest absolute Gasteiger partial charge is 0.245 e. The number of aromatic nitrogens is 1. The lowest BCUT2D eigenvalue weighted by Crippen LogP contribution is -2.32. The molecule has 7 heteroatoms. The molecule has 0 amide bonds. The minimum absolute atomic E-state index is 0.153. The van der Waals surface area contributed by atoms with Gasteiger partial charge in [-0.15, -0.1) is 11.3 Å². The molecule has 3 rings (SSSR count). The molecule has 0 atom stereocenters. The molecule has 0 saturated heterocycles. The maximum absolute atomic E-state index is 12.8. The van der Waals surface area contributed by atoms with Gasteiger partial charge >= 0.3 is 0 Å². The van der Waals surface area contributed by atoms with Crippen molar-refractivity contribution in [2.24, 2.45) is 0 Å². The Morgan fingerprint density at radius 3 is 2.90 bits per heavy atom. The van der Waals surface area contributed by atoms with Gasteiger partial charge in [0.05, 0.1) is 4.90 Å². The average Bonchev–Trinajstić information content (AvgIpc) is 2.96. The van der Waals surface area contributed by atoms with Gasteiger partial charge in [-0.25, -0.2) is 8.42 Å². The minimum atomic E-state index is -3.43. The van der Waals surface area contributed by atoms with E-state index in [-0.39, 0.29) is 6.04 Å². The standard InChI is InChI=1S/C14H19N3O2S2/c1-15-8-11-7-14(9-16-11)21(18,19)17(12-4-5-12)10-13-3-2-6-20-13/h2-3,6-7,9,12,15-16H,4-5,8,10H2,1H3. The molecule has 1 fully saturated rings. The SMILES string of the molecule is CNCc1cc(S(=O)(=O)N(Cc2cccs2)C2CC2)c[nH]1. The van der Waals surface area contributed by atoms with Crippen LogP contribution in [0.5, 0.6) is 0 Å². The van der Waals surface area contributed by atoms with Gasteiger partial charge in [-0.3, -0.25) is 0 Å². The number of sulfonamides is 1. The molecular formula is C14H19N3O2S2. The first-order valence-corrected chi connectivity index (χ1v) is 9.29. The van der Waals surface area contributed by atoms with Crippen LogP contribution >= 0.6 is 11.3 Å². The van der Waals surface area contributed by atoms with E-state index in [9.17, 15) is 8.42 Å². The lowest BCUT2D eigenvalue weighted by Gasteiger charge is -2.20. The highest BCUT2D eigenvalue weighted by Crippen LogP contribution is 2.34. The van der Waals surface area contributed by atoms with E-state index in [2.05, 4.69) is 10.3 Å². The zero-order valence-electron chi connectivity index (χ0n) is 11.9. The molecule has 2 N–H and O–H groups in total.